The van der Waals surface area contributed by atoms with Crippen LogP contribution in [0.15, 0.2) is 42.5 Å². The summed E-state index contributed by atoms with van der Waals surface area (Å²) in [4.78, 5) is 27.3. The summed E-state index contributed by atoms with van der Waals surface area (Å²) in [7, 11) is 0. The van der Waals surface area contributed by atoms with E-state index in [-0.39, 0.29) is 17.6 Å². The normalized spacial score (nSPS) is 16.9. The monoisotopic (exact) mass is 385 g/mol. The van der Waals surface area contributed by atoms with Crippen molar-refractivity contribution in [1.29, 1.82) is 0 Å². The van der Waals surface area contributed by atoms with Crippen molar-refractivity contribution >= 4 is 23.3 Å². The number of amides is 1. The number of ketones is 1. The van der Waals surface area contributed by atoms with Gasteiger partial charge < -0.3 is 14.4 Å². The molecule has 140 valence electrons. The Kier molecular flexibility index (Phi) is 5.03. The van der Waals surface area contributed by atoms with Crippen molar-refractivity contribution in [2.45, 2.75) is 12.8 Å². The topological polar surface area (TPSA) is 55.8 Å². The highest BCUT2D eigenvalue weighted by Crippen LogP contribution is 2.33. The molecule has 0 atom stereocenters. The lowest BCUT2D eigenvalue weighted by Gasteiger charge is -2.31. The first-order valence-corrected chi connectivity index (χ1v) is 9.49. The minimum Gasteiger partial charge on any atom is -0.486 e. The van der Waals surface area contributed by atoms with Gasteiger partial charge in [0.25, 0.3) is 5.91 Å². The van der Waals surface area contributed by atoms with E-state index in [9.17, 15) is 9.59 Å². The predicted octanol–water partition coefficient (Wildman–Crippen LogP) is 3.85. The van der Waals surface area contributed by atoms with E-state index in [0.29, 0.717) is 66.8 Å². The van der Waals surface area contributed by atoms with Crippen molar-refractivity contribution in [3.8, 4) is 11.5 Å². The summed E-state index contributed by atoms with van der Waals surface area (Å²) in [5.41, 5.74) is 1.14. The lowest BCUT2D eigenvalue weighted by molar-refractivity contribution is 0.0650. The molecule has 5 nitrogen and oxygen atoms in total. The zero-order valence-corrected chi connectivity index (χ0v) is 15.6. The number of hydrogen-bond acceptors (Lipinski definition) is 4. The van der Waals surface area contributed by atoms with E-state index in [1.165, 1.54) is 0 Å². The van der Waals surface area contributed by atoms with E-state index in [1.807, 2.05) is 0 Å². The molecule has 0 unspecified atom stereocenters. The number of rotatable bonds is 3. The Bertz CT molecular complexity index is 874. The maximum Gasteiger partial charge on any atom is 0.255 e. The number of hydrogen-bond donors (Lipinski definition) is 0. The molecule has 1 amide bonds. The van der Waals surface area contributed by atoms with Crippen LogP contribution in [0, 0.1) is 5.92 Å². The van der Waals surface area contributed by atoms with E-state index >= 15 is 0 Å². The first-order chi connectivity index (χ1) is 13.1. The van der Waals surface area contributed by atoms with Gasteiger partial charge in [-0.05, 0) is 43.2 Å². The van der Waals surface area contributed by atoms with Crippen molar-refractivity contribution in [2.24, 2.45) is 5.92 Å². The van der Waals surface area contributed by atoms with Crippen LogP contribution in [-0.2, 0) is 0 Å². The number of carbonyl (C=O) groups is 2. The lowest BCUT2D eigenvalue weighted by Crippen LogP contribution is -2.40. The molecule has 2 aromatic rings. The van der Waals surface area contributed by atoms with Crippen LogP contribution < -0.4 is 9.47 Å². The Labute approximate surface area is 162 Å². The summed E-state index contributed by atoms with van der Waals surface area (Å²) in [6, 6.07) is 12.4. The van der Waals surface area contributed by atoms with Crippen molar-refractivity contribution in [1.82, 2.24) is 4.90 Å². The smallest absolute Gasteiger partial charge is 0.255 e. The Morgan fingerprint density at radius 2 is 1.67 bits per heavy atom. The van der Waals surface area contributed by atoms with Gasteiger partial charge in [0.1, 0.15) is 13.2 Å². The van der Waals surface area contributed by atoms with Crippen LogP contribution in [0.1, 0.15) is 33.6 Å². The maximum absolute atomic E-state index is 12.9. The molecule has 2 aliphatic heterocycles. The SMILES string of the molecule is O=C(c1ccc2c(c1)OCCO2)C1CCN(C(=O)c2ccccc2Cl)CC1. The Balaban J connectivity index is 1.41. The summed E-state index contributed by atoms with van der Waals surface area (Å²) in [5, 5.41) is 0.456. The summed E-state index contributed by atoms with van der Waals surface area (Å²) < 4.78 is 11.1. The number of ether oxygens (including phenoxy) is 2. The van der Waals surface area contributed by atoms with Gasteiger partial charge in [-0.15, -0.1) is 0 Å². The number of fused-ring (bicyclic) bond motifs is 1. The van der Waals surface area contributed by atoms with Crippen LogP contribution in [0.3, 0.4) is 0 Å². The third-order valence-electron chi connectivity index (χ3n) is 5.08. The molecule has 2 heterocycles. The summed E-state index contributed by atoms with van der Waals surface area (Å²) in [6.07, 6.45) is 1.28. The Morgan fingerprint density at radius 1 is 0.963 bits per heavy atom. The predicted molar refractivity (Wildman–Crippen MR) is 102 cm³/mol. The van der Waals surface area contributed by atoms with Gasteiger partial charge >= 0.3 is 0 Å². The number of likely N-dealkylation sites (tertiary alicyclic amines) is 1. The van der Waals surface area contributed by atoms with E-state index in [0.717, 1.165) is 0 Å². The summed E-state index contributed by atoms with van der Waals surface area (Å²) in [6.45, 7) is 2.11. The molecule has 2 aliphatic rings. The molecule has 2 aromatic carbocycles. The second kappa shape index (κ2) is 7.61. The molecular weight excluding hydrogens is 366 g/mol. The number of carbonyl (C=O) groups excluding carboxylic acids is 2. The van der Waals surface area contributed by atoms with Crippen LogP contribution in [-0.4, -0.2) is 42.9 Å². The zero-order chi connectivity index (χ0) is 18.8. The highest BCUT2D eigenvalue weighted by Gasteiger charge is 2.29. The average molecular weight is 386 g/mol. The quantitative estimate of drug-likeness (QED) is 0.753. The molecule has 4 rings (SSSR count). The second-order valence-corrected chi connectivity index (χ2v) is 7.18. The minimum atomic E-state index is -0.0946. The van der Waals surface area contributed by atoms with Crippen LogP contribution in [0.25, 0.3) is 0 Å². The Morgan fingerprint density at radius 3 is 2.41 bits per heavy atom. The summed E-state index contributed by atoms with van der Waals surface area (Å²) in [5.74, 6) is 1.22. The highest BCUT2D eigenvalue weighted by molar-refractivity contribution is 6.33. The standard InChI is InChI=1S/C21H20ClNO4/c22-17-4-2-1-3-16(17)21(25)23-9-7-14(8-10-23)20(24)15-5-6-18-19(13-15)27-12-11-26-18/h1-6,13-14H,7-12H2. The van der Waals surface area contributed by atoms with Gasteiger partial charge in [0.15, 0.2) is 17.3 Å². The highest BCUT2D eigenvalue weighted by atomic mass is 35.5. The van der Waals surface area contributed by atoms with Crippen molar-refractivity contribution < 1.29 is 19.1 Å². The lowest BCUT2D eigenvalue weighted by atomic mass is 9.88. The van der Waals surface area contributed by atoms with E-state index in [2.05, 4.69) is 0 Å². The molecule has 0 aliphatic carbocycles. The number of benzene rings is 2. The third-order valence-corrected chi connectivity index (χ3v) is 5.41. The van der Waals surface area contributed by atoms with Crippen molar-refractivity contribution in [2.75, 3.05) is 26.3 Å². The largest absolute Gasteiger partial charge is 0.486 e. The molecule has 27 heavy (non-hydrogen) atoms. The van der Waals surface area contributed by atoms with Gasteiger partial charge in [0.2, 0.25) is 0 Å². The molecule has 6 heteroatoms. The first-order valence-electron chi connectivity index (χ1n) is 9.11. The second-order valence-electron chi connectivity index (χ2n) is 6.77. The number of nitrogens with zero attached hydrogens (tertiary/aromatic N) is 1. The van der Waals surface area contributed by atoms with E-state index in [1.54, 1.807) is 47.4 Å². The molecular formula is C21H20ClNO4. The summed E-state index contributed by atoms with van der Waals surface area (Å²) >= 11 is 6.13. The maximum atomic E-state index is 12.9. The van der Waals surface area contributed by atoms with Crippen LogP contribution in [0.5, 0.6) is 11.5 Å². The number of Topliss-reactive ketones (excluding diaryl/α,β-unsaturated/α-hetero) is 1. The van der Waals surface area contributed by atoms with Gasteiger partial charge in [0, 0.05) is 24.6 Å². The fraction of sp³-hybridized carbons (Fsp3) is 0.333. The van der Waals surface area contributed by atoms with Gasteiger partial charge in [0.05, 0.1) is 10.6 Å². The third kappa shape index (κ3) is 3.65. The van der Waals surface area contributed by atoms with Gasteiger partial charge in [-0.1, -0.05) is 23.7 Å². The van der Waals surface area contributed by atoms with Gasteiger partial charge in [-0.3, -0.25) is 9.59 Å². The number of piperidine rings is 1. The molecule has 0 radical (unpaired) electrons. The molecule has 0 bridgehead atoms. The van der Waals surface area contributed by atoms with Crippen LogP contribution in [0.4, 0.5) is 0 Å². The van der Waals surface area contributed by atoms with E-state index < -0.39 is 0 Å². The van der Waals surface area contributed by atoms with Gasteiger partial charge in [-0.2, -0.15) is 0 Å². The van der Waals surface area contributed by atoms with Crippen LogP contribution >= 0.6 is 11.6 Å². The van der Waals surface area contributed by atoms with Crippen molar-refractivity contribution in [3.63, 3.8) is 0 Å². The molecule has 1 saturated heterocycles. The molecule has 0 spiro atoms. The van der Waals surface area contributed by atoms with Gasteiger partial charge in [-0.25, -0.2) is 0 Å². The fourth-order valence-electron chi connectivity index (χ4n) is 3.58. The first kappa shape index (κ1) is 17.9. The molecule has 1 fully saturated rings. The number of halogens is 1. The zero-order valence-electron chi connectivity index (χ0n) is 14.8. The molecule has 0 N–H and O–H groups in total. The Hall–Kier alpha value is -2.53. The molecule has 0 saturated carbocycles. The fourth-order valence-corrected chi connectivity index (χ4v) is 3.80. The molecule has 0 aromatic heterocycles. The van der Waals surface area contributed by atoms with Crippen LogP contribution in [0.2, 0.25) is 5.02 Å². The van der Waals surface area contributed by atoms with E-state index in [4.69, 9.17) is 21.1 Å². The minimum absolute atomic E-state index is 0.0779. The average Bonchev–Trinajstić information content (AvgIpc) is 2.73. The van der Waals surface area contributed by atoms with Crippen molar-refractivity contribution in [3.05, 3.63) is 58.6 Å².